The highest BCUT2D eigenvalue weighted by atomic mass is 35.5. The summed E-state index contributed by atoms with van der Waals surface area (Å²) in [5, 5.41) is 7.97. The van der Waals surface area contributed by atoms with Gasteiger partial charge in [-0.3, -0.25) is 9.69 Å². The lowest BCUT2D eigenvalue weighted by Gasteiger charge is -2.25. The van der Waals surface area contributed by atoms with Crippen LogP contribution in [-0.2, 0) is 9.53 Å². The Hall–Kier alpha value is -3.08. The van der Waals surface area contributed by atoms with Gasteiger partial charge < -0.3 is 15.2 Å². The Morgan fingerprint density at radius 3 is 2.48 bits per heavy atom. The number of hydrogen-bond acceptors (Lipinski definition) is 6. The zero-order chi connectivity index (χ0) is 21.2. The fourth-order valence-corrected chi connectivity index (χ4v) is 2.83. The van der Waals surface area contributed by atoms with Crippen molar-refractivity contribution in [1.82, 2.24) is 15.1 Å². The standard InChI is InChI=1S/C17H14ClF3N4O4/c18-10-3-1-9(2-4-10)14(25-7-12(15(22)26)29-16(25)27)11-5-6-13(24-23-11)28-8-17(19,20)21/h1-6,12,14H,7-8H2,(H2,22,26)/t12?,14-/m0/s1. The van der Waals surface area contributed by atoms with Gasteiger partial charge >= 0.3 is 12.3 Å². The minimum atomic E-state index is -4.52. The summed E-state index contributed by atoms with van der Waals surface area (Å²) in [4.78, 5) is 24.9. The fourth-order valence-electron chi connectivity index (χ4n) is 2.70. The van der Waals surface area contributed by atoms with Crippen molar-refractivity contribution in [2.75, 3.05) is 13.2 Å². The Morgan fingerprint density at radius 2 is 1.97 bits per heavy atom. The lowest BCUT2D eigenvalue weighted by atomic mass is 10.0. The van der Waals surface area contributed by atoms with Gasteiger partial charge in [0.2, 0.25) is 5.88 Å². The minimum Gasteiger partial charge on any atom is -0.467 e. The van der Waals surface area contributed by atoms with Crippen LogP contribution in [0.4, 0.5) is 18.0 Å². The third kappa shape index (κ3) is 5.05. The summed E-state index contributed by atoms with van der Waals surface area (Å²) < 4.78 is 46.3. The minimum absolute atomic E-state index is 0.129. The average Bonchev–Trinajstić information content (AvgIpc) is 3.04. The molecule has 0 spiro atoms. The summed E-state index contributed by atoms with van der Waals surface area (Å²) in [5.41, 5.74) is 5.99. The van der Waals surface area contributed by atoms with Gasteiger partial charge in [0.05, 0.1) is 12.2 Å². The molecule has 2 amide bonds. The van der Waals surface area contributed by atoms with E-state index in [1.165, 1.54) is 17.0 Å². The van der Waals surface area contributed by atoms with Crippen LogP contribution in [0.5, 0.6) is 5.88 Å². The van der Waals surface area contributed by atoms with E-state index in [1.54, 1.807) is 24.3 Å². The van der Waals surface area contributed by atoms with Gasteiger partial charge in [-0.2, -0.15) is 13.2 Å². The summed E-state index contributed by atoms with van der Waals surface area (Å²) >= 11 is 5.90. The Kier molecular flexibility index (Phi) is 5.78. The van der Waals surface area contributed by atoms with E-state index < -0.39 is 36.9 Å². The lowest BCUT2D eigenvalue weighted by Crippen LogP contribution is -2.35. The number of nitrogens with two attached hydrogens (primary N) is 1. The van der Waals surface area contributed by atoms with Crippen LogP contribution in [0.2, 0.25) is 5.02 Å². The number of hydrogen-bond donors (Lipinski definition) is 1. The van der Waals surface area contributed by atoms with E-state index in [1.807, 2.05) is 0 Å². The molecule has 12 heteroatoms. The number of rotatable bonds is 6. The highest BCUT2D eigenvalue weighted by Gasteiger charge is 2.40. The van der Waals surface area contributed by atoms with Crippen molar-refractivity contribution >= 4 is 23.6 Å². The maximum atomic E-state index is 12.3. The molecular formula is C17H14ClF3N4O4. The van der Waals surface area contributed by atoms with Crippen molar-refractivity contribution in [1.29, 1.82) is 0 Å². The van der Waals surface area contributed by atoms with Gasteiger partial charge in [-0.15, -0.1) is 10.2 Å². The molecule has 0 radical (unpaired) electrons. The molecule has 2 atom stereocenters. The van der Waals surface area contributed by atoms with Crippen molar-refractivity contribution in [2.24, 2.45) is 5.73 Å². The number of amides is 2. The molecule has 2 heterocycles. The third-order valence-corrected chi connectivity index (χ3v) is 4.23. The monoisotopic (exact) mass is 430 g/mol. The molecule has 2 N–H and O–H groups in total. The highest BCUT2D eigenvalue weighted by molar-refractivity contribution is 6.30. The molecule has 1 aliphatic heterocycles. The SMILES string of the molecule is NC(=O)C1CN([C@@H](c2ccc(Cl)cc2)c2ccc(OCC(F)(F)F)nn2)C(=O)O1. The second kappa shape index (κ2) is 8.11. The molecule has 0 saturated carbocycles. The topological polar surface area (TPSA) is 108 Å². The van der Waals surface area contributed by atoms with Crippen LogP contribution >= 0.6 is 11.6 Å². The van der Waals surface area contributed by atoms with E-state index in [-0.39, 0.29) is 18.1 Å². The molecular weight excluding hydrogens is 417 g/mol. The third-order valence-electron chi connectivity index (χ3n) is 3.98. The summed E-state index contributed by atoms with van der Waals surface area (Å²) in [6.07, 6.45) is -6.46. The summed E-state index contributed by atoms with van der Waals surface area (Å²) in [7, 11) is 0. The normalized spacial score (nSPS) is 17.7. The van der Waals surface area contributed by atoms with Crippen molar-refractivity contribution in [3.05, 3.63) is 52.7 Å². The number of aromatic nitrogens is 2. The maximum Gasteiger partial charge on any atom is 0.422 e. The molecule has 1 fully saturated rings. The van der Waals surface area contributed by atoms with Crippen LogP contribution in [0.1, 0.15) is 17.3 Å². The average molecular weight is 431 g/mol. The largest absolute Gasteiger partial charge is 0.467 e. The molecule has 0 aliphatic carbocycles. The van der Waals surface area contributed by atoms with Crippen LogP contribution in [0.3, 0.4) is 0 Å². The van der Waals surface area contributed by atoms with Gasteiger partial charge in [0.25, 0.3) is 5.91 Å². The number of carbonyl (C=O) groups is 2. The second-order valence-electron chi connectivity index (χ2n) is 6.08. The van der Waals surface area contributed by atoms with Crippen LogP contribution in [0.25, 0.3) is 0 Å². The van der Waals surface area contributed by atoms with Crippen molar-refractivity contribution in [3.63, 3.8) is 0 Å². The Labute approximate surface area is 167 Å². The van der Waals surface area contributed by atoms with Crippen molar-refractivity contribution < 1.29 is 32.2 Å². The van der Waals surface area contributed by atoms with Gasteiger partial charge in [0.1, 0.15) is 6.04 Å². The molecule has 1 aromatic heterocycles. The van der Waals surface area contributed by atoms with E-state index >= 15 is 0 Å². The first-order valence-corrected chi connectivity index (χ1v) is 8.57. The molecule has 1 unspecified atom stereocenters. The number of cyclic esters (lactones) is 1. The summed E-state index contributed by atoms with van der Waals surface area (Å²) in [6.45, 7) is -1.64. The molecule has 1 saturated heterocycles. The van der Waals surface area contributed by atoms with Gasteiger partial charge in [-0.25, -0.2) is 4.79 Å². The molecule has 29 heavy (non-hydrogen) atoms. The smallest absolute Gasteiger partial charge is 0.422 e. The van der Waals surface area contributed by atoms with Gasteiger partial charge in [-0.1, -0.05) is 23.7 Å². The number of benzene rings is 1. The molecule has 8 nitrogen and oxygen atoms in total. The number of nitrogens with zero attached hydrogens (tertiary/aromatic N) is 3. The maximum absolute atomic E-state index is 12.3. The van der Waals surface area contributed by atoms with E-state index in [0.29, 0.717) is 10.6 Å². The van der Waals surface area contributed by atoms with Gasteiger partial charge in [0.15, 0.2) is 12.7 Å². The van der Waals surface area contributed by atoms with Crippen molar-refractivity contribution in [2.45, 2.75) is 18.3 Å². The first kappa shape index (κ1) is 20.6. The first-order chi connectivity index (χ1) is 13.6. The Morgan fingerprint density at radius 1 is 1.28 bits per heavy atom. The summed E-state index contributed by atoms with van der Waals surface area (Å²) in [5.74, 6) is -1.14. The summed E-state index contributed by atoms with van der Waals surface area (Å²) in [6, 6.07) is 8.16. The van der Waals surface area contributed by atoms with Crippen LogP contribution in [0, 0.1) is 0 Å². The number of ether oxygens (including phenoxy) is 2. The number of halogens is 4. The molecule has 154 valence electrons. The quantitative estimate of drug-likeness (QED) is 0.754. The van der Waals surface area contributed by atoms with Crippen LogP contribution < -0.4 is 10.5 Å². The van der Waals surface area contributed by atoms with Gasteiger partial charge in [-0.05, 0) is 23.8 Å². The molecule has 3 rings (SSSR count). The molecule has 0 bridgehead atoms. The second-order valence-corrected chi connectivity index (χ2v) is 6.52. The highest BCUT2D eigenvalue weighted by Crippen LogP contribution is 2.32. The molecule has 1 aliphatic rings. The van der Waals surface area contributed by atoms with Crippen molar-refractivity contribution in [3.8, 4) is 5.88 Å². The van der Waals surface area contributed by atoms with Crippen LogP contribution in [0.15, 0.2) is 36.4 Å². The van der Waals surface area contributed by atoms with Gasteiger partial charge in [0, 0.05) is 11.1 Å². The zero-order valence-electron chi connectivity index (χ0n) is 14.6. The van der Waals surface area contributed by atoms with E-state index in [9.17, 15) is 22.8 Å². The Bertz CT molecular complexity index is 893. The van der Waals surface area contributed by atoms with E-state index in [2.05, 4.69) is 14.9 Å². The predicted octanol–water partition coefficient (Wildman–Crippen LogP) is 2.47. The Balaban J connectivity index is 1.90. The predicted molar refractivity (Wildman–Crippen MR) is 93.0 cm³/mol. The fraction of sp³-hybridized carbons (Fsp3) is 0.294. The first-order valence-electron chi connectivity index (χ1n) is 8.19. The number of alkyl halides is 3. The van der Waals surface area contributed by atoms with E-state index in [4.69, 9.17) is 22.1 Å². The zero-order valence-corrected chi connectivity index (χ0v) is 15.4. The number of carbonyl (C=O) groups excluding carboxylic acids is 2. The number of primary amides is 1. The lowest BCUT2D eigenvalue weighted by molar-refractivity contribution is -0.154. The van der Waals surface area contributed by atoms with Crippen LogP contribution in [-0.4, -0.2) is 52.5 Å². The molecule has 1 aromatic carbocycles. The molecule has 2 aromatic rings. The van der Waals surface area contributed by atoms with E-state index in [0.717, 1.165) is 0 Å².